The van der Waals surface area contributed by atoms with E-state index >= 15 is 0 Å². The molecule has 0 bridgehead atoms. The fourth-order valence-corrected chi connectivity index (χ4v) is 4.10. The number of amides is 3. The zero-order valence-corrected chi connectivity index (χ0v) is 16.0. The molecule has 2 aliphatic rings. The number of hydrogen-bond acceptors (Lipinski definition) is 5. The summed E-state index contributed by atoms with van der Waals surface area (Å²) < 4.78 is 5.17. The number of alkyl carbamates (subject to hydrolysis) is 1. The molecule has 1 saturated carbocycles. The van der Waals surface area contributed by atoms with Gasteiger partial charge in [0.05, 0.1) is 0 Å². The Morgan fingerprint density at radius 1 is 1.17 bits per heavy atom. The molecule has 156 valence electrons. The normalized spacial score (nSPS) is 26.6. The number of carbonyl (C=O) groups is 4. The number of nitrogens with zero attached hydrogens (tertiary/aromatic N) is 1. The van der Waals surface area contributed by atoms with Gasteiger partial charge in [-0.2, -0.15) is 0 Å². The van der Waals surface area contributed by atoms with Crippen LogP contribution in [0.25, 0.3) is 0 Å². The maximum atomic E-state index is 12.8. The first-order valence-electron chi connectivity index (χ1n) is 9.70. The molecule has 3 unspecified atom stereocenters. The lowest BCUT2D eigenvalue weighted by molar-refractivity contribution is -0.134. The van der Waals surface area contributed by atoms with Gasteiger partial charge in [-0.3, -0.25) is 4.79 Å². The molecule has 9 heteroatoms. The molecule has 1 aliphatic heterocycles. The van der Waals surface area contributed by atoms with Gasteiger partial charge in [-0.25, -0.2) is 9.59 Å². The minimum Gasteiger partial charge on any atom is -0.465 e. The lowest BCUT2D eigenvalue weighted by atomic mass is 9.81. The van der Waals surface area contributed by atoms with Crippen molar-refractivity contribution in [3.63, 3.8) is 0 Å². The summed E-state index contributed by atoms with van der Waals surface area (Å²) in [5, 5.41) is 13.9. The van der Waals surface area contributed by atoms with E-state index in [1.807, 2.05) is 30.3 Å². The molecule has 2 fully saturated rings. The van der Waals surface area contributed by atoms with Gasteiger partial charge in [0, 0.05) is 24.5 Å². The van der Waals surface area contributed by atoms with Crippen molar-refractivity contribution in [1.82, 2.24) is 15.5 Å². The van der Waals surface area contributed by atoms with E-state index in [1.54, 1.807) is 4.90 Å². The van der Waals surface area contributed by atoms with E-state index in [9.17, 15) is 19.2 Å². The topological polar surface area (TPSA) is 125 Å². The third-order valence-electron chi connectivity index (χ3n) is 5.51. The molecule has 0 spiro atoms. The molecule has 1 aliphatic carbocycles. The third-order valence-corrected chi connectivity index (χ3v) is 5.51. The smallest absolute Gasteiger partial charge is 0.408 e. The Balaban J connectivity index is 1.51. The summed E-state index contributed by atoms with van der Waals surface area (Å²) in [5.41, 5.74) is 0.850. The predicted octanol–water partition coefficient (Wildman–Crippen LogP) is 1.52. The van der Waals surface area contributed by atoms with Crippen molar-refractivity contribution in [2.75, 3.05) is 6.54 Å². The zero-order valence-electron chi connectivity index (χ0n) is 16.0. The van der Waals surface area contributed by atoms with Gasteiger partial charge < -0.3 is 30.2 Å². The van der Waals surface area contributed by atoms with Crippen molar-refractivity contribution in [2.24, 2.45) is 5.92 Å². The van der Waals surface area contributed by atoms with Gasteiger partial charge in [0.15, 0.2) is 0 Å². The van der Waals surface area contributed by atoms with Crippen LogP contribution < -0.4 is 10.6 Å². The molecule has 4 atom stereocenters. The van der Waals surface area contributed by atoms with Crippen LogP contribution in [0, 0.1) is 5.92 Å². The van der Waals surface area contributed by atoms with Crippen LogP contribution in [0.1, 0.15) is 31.2 Å². The SMILES string of the molecule is O=CC1CC(NC(=O)O)CC[C@@H]1N1CCC(NC(=O)OCc2ccccc2)C1=O. The summed E-state index contributed by atoms with van der Waals surface area (Å²) in [6.07, 6.45) is 0.916. The van der Waals surface area contributed by atoms with Crippen molar-refractivity contribution >= 4 is 24.4 Å². The molecular formula is C20H25N3O6. The van der Waals surface area contributed by atoms with Crippen LogP contribution in [-0.4, -0.2) is 59.1 Å². The van der Waals surface area contributed by atoms with Gasteiger partial charge in [-0.05, 0) is 31.2 Å². The summed E-state index contributed by atoms with van der Waals surface area (Å²) in [6.45, 7) is 0.555. The summed E-state index contributed by atoms with van der Waals surface area (Å²) >= 11 is 0. The highest BCUT2D eigenvalue weighted by atomic mass is 16.5. The zero-order chi connectivity index (χ0) is 20.8. The van der Waals surface area contributed by atoms with E-state index in [0.29, 0.717) is 32.2 Å². The Morgan fingerprint density at radius 2 is 1.93 bits per heavy atom. The number of ether oxygens (including phenoxy) is 1. The first-order chi connectivity index (χ1) is 14.0. The van der Waals surface area contributed by atoms with Crippen molar-refractivity contribution in [1.29, 1.82) is 0 Å². The van der Waals surface area contributed by atoms with Gasteiger partial charge in [-0.15, -0.1) is 0 Å². The van der Waals surface area contributed by atoms with Gasteiger partial charge in [0.2, 0.25) is 5.91 Å². The Kier molecular flexibility index (Phi) is 6.69. The fraction of sp³-hybridized carbons (Fsp3) is 0.500. The number of rotatable bonds is 6. The highest BCUT2D eigenvalue weighted by Crippen LogP contribution is 2.30. The van der Waals surface area contributed by atoms with E-state index in [-0.39, 0.29) is 24.6 Å². The number of benzene rings is 1. The molecule has 0 radical (unpaired) electrons. The molecule has 3 amide bonds. The van der Waals surface area contributed by atoms with Crippen LogP contribution in [0.15, 0.2) is 30.3 Å². The maximum Gasteiger partial charge on any atom is 0.408 e. The molecule has 0 aromatic heterocycles. The minimum atomic E-state index is -1.12. The van der Waals surface area contributed by atoms with Crippen LogP contribution in [0.4, 0.5) is 9.59 Å². The molecule has 1 heterocycles. The molecule has 9 nitrogen and oxygen atoms in total. The van der Waals surface area contributed by atoms with Gasteiger partial charge in [0.1, 0.15) is 18.9 Å². The summed E-state index contributed by atoms with van der Waals surface area (Å²) in [7, 11) is 0. The standard InChI is InChI=1S/C20H25N3O6/c24-11-14-10-15(21-19(26)27)6-7-17(14)23-9-8-16(18(23)25)22-20(28)29-12-13-4-2-1-3-5-13/h1-5,11,14-17,21H,6-10,12H2,(H,22,28)(H,26,27)/t14?,15?,16?,17-/m0/s1. The van der Waals surface area contributed by atoms with Gasteiger partial charge in [-0.1, -0.05) is 30.3 Å². The number of likely N-dealkylation sites (tertiary alicyclic amines) is 1. The van der Waals surface area contributed by atoms with Crippen molar-refractivity contribution in [3.05, 3.63) is 35.9 Å². The first-order valence-corrected chi connectivity index (χ1v) is 9.70. The van der Waals surface area contributed by atoms with Gasteiger partial charge >= 0.3 is 12.2 Å². The number of carbonyl (C=O) groups excluding carboxylic acids is 3. The van der Waals surface area contributed by atoms with Crippen LogP contribution in [0.2, 0.25) is 0 Å². The third kappa shape index (κ3) is 5.24. The second-order valence-corrected chi connectivity index (χ2v) is 7.41. The highest BCUT2D eigenvalue weighted by molar-refractivity contribution is 5.88. The average Bonchev–Trinajstić information content (AvgIpc) is 3.06. The second kappa shape index (κ2) is 9.40. The molecule has 3 N–H and O–H groups in total. The van der Waals surface area contributed by atoms with E-state index in [2.05, 4.69) is 10.6 Å². The lowest BCUT2D eigenvalue weighted by Gasteiger charge is -2.38. The number of nitrogens with one attached hydrogen (secondary N) is 2. The van der Waals surface area contributed by atoms with Gasteiger partial charge in [0.25, 0.3) is 0 Å². The second-order valence-electron chi connectivity index (χ2n) is 7.41. The quantitative estimate of drug-likeness (QED) is 0.619. The fourth-order valence-electron chi connectivity index (χ4n) is 4.10. The van der Waals surface area contributed by atoms with E-state index in [4.69, 9.17) is 9.84 Å². The van der Waals surface area contributed by atoms with Crippen molar-refractivity contribution < 1.29 is 29.0 Å². The highest BCUT2D eigenvalue weighted by Gasteiger charge is 2.42. The van der Waals surface area contributed by atoms with Crippen LogP contribution in [0.3, 0.4) is 0 Å². The van der Waals surface area contributed by atoms with Crippen LogP contribution >= 0.6 is 0 Å². The Hall–Kier alpha value is -3.10. The number of hydrogen-bond donors (Lipinski definition) is 3. The first kappa shape index (κ1) is 20.6. The lowest BCUT2D eigenvalue weighted by Crippen LogP contribution is -2.51. The summed E-state index contributed by atoms with van der Waals surface area (Å²) in [5.74, 6) is -0.670. The molecule has 1 saturated heterocycles. The van der Waals surface area contributed by atoms with E-state index < -0.39 is 24.1 Å². The maximum absolute atomic E-state index is 12.8. The molecule has 3 rings (SSSR count). The molecule has 1 aromatic rings. The number of aldehydes is 1. The molecule has 1 aromatic carbocycles. The summed E-state index contributed by atoms with van der Waals surface area (Å²) in [4.78, 5) is 48.8. The Bertz CT molecular complexity index is 756. The monoisotopic (exact) mass is 403 g/mol. The average molecular weight is 403 g/mol. The minimum absolute atomic E-state index is 0.116. The van der Waals surface area contributed by atoms with Crippen LogP contribution in [0.5, 0.6) is 0 Å². The van der Waals surface area contributed by atoms with E-state index in [1.165, 1.54) is 0 Å². The largest absolute Gasteiger partial charge is 0.465 e. The van der Waals surface area contributed by atoms with Crippen LogP contribution in [-0.2, 0) is 20.9 Å². The van der Waals surface area contributed by atoms with E-state index in [0.717, 1.165) is 11.8 Å². The Labute approximate surface area is 168 Å². The molecule has 29 heavy (non-hydrogen) atoms. The van der Waals surface area contributed by atoms with Crippen molar-refractivity contribution in [3.8, 4) is 0 Å². The number of carboxylic acid groups (broad SMARTS) is 1. The molecular weight excluding hydrogens is 378 g/mol. The predicted molar refractivity (Wildman–Crippen MR) is 102 cm³/mol. The van der Waals surface area contributed by atoms with Crippen molar-refractivity contribution in [2.45, 2.75) is 50.4 Å². The Morgan fingerprint density at radius 3 is 2.62 bits per heavy atom. The summed E-state index contributed by atoms with van der Waals surface area (Å²) in [6, 6.07) is 7.99.